The van der Waals surface area contributed by atoms with Gasteiger partial charge in [-0.1, -0.05) is 29.3 Å². The van der Waals surface area contributed by atoms with Gasteiger partial charge in [0.25, 0.3) is 5.91 Å². The molecule has 0 heterocycles. The number of nitrogens with zero attached hydrogens (tertiary/aromatic N) is 1. The number of amides is 3. The second-order valence-electron chi connectivity index (χ2n) is 7.50. The molecule has 0 atom stereocenters. The second kappa shape index (κ2) is 12.7. The standard InChI is InChI=1S/C25H21Cl2FN4O5/c1-14-3-6-18(11-19(14)26)30-22(33)13-37-23-20(27)9-15(10-21(23)36-2)12-29-32-25(35)24(34)31-17-7-4-16(28)5-8-17/h3-12H,13H2,1-2H3,(H,30,33)(H,31,34)(H,32,35)/b29-12-. The largest absolute Gasteiger partial charge is 0.493 e. The Hall–Kier alpha value is -4.15. The fourth-order valence-corrected chi connectivity index (χ4v) is 3.35. The van der Waals surface area contributed by atoms with E-state index in [1.54, 1.807) is 18.2 Å². The molecule has 37 heavy (non-hydrogen) atoms. The summed E-state index contributed by atoms with van der Waals surface area (Å²) in [5, 5.41) is 9.34. The van der Waals surface area contributed by atoms with Crippen molar-refractivity contribution < 1.29 is 28.2 Å². The predicted octanol–water partition coefficient (Wildman–Crippen LogP) is 4.56. The minimum absolute atomic E-state index is 0.118. The van der Waals surface area contributed by atoms with Crippen LogP contribution in [-0.4, -0.2) is 37.7 Å². The van der Waals surface area contributed by atoms with E-state index >= 15 is 0 Å². The Morgan fingerprint density at radius 3 is 2.32 bits per heavy atom. The van der Waals surface area contributed by atoms with Gasteiger partial charge in [-0.15, -0.1) is 0 Å². The van der Waals surface area contributed by atoms with Crippen molar-refractivity contribution in [3.8, 4) is 11.5 Å². The molecular formula is C25H21Cl2FN4O5. The van der Waals surface area contributed by atoms with Crippen molar-refractivity contribution in [2.75, 3.05) is 24.4 Å². The second-order valence-corrected chi connectivity index (χ2v) is 8.31. The summed E-state index contributed by atoms with van der Waals surface area (Å²) in [7, 11) is 1.38. The Morgan fingerprint density at radius 2 is 1.65 bits per heavy atom. The van der Waals surface area contributed by atoms with Gasteiger partial charge in [0.2, 0.25) is 0 Å². The first kappa shape index (κ1) is 27.4. The number of hydrogen-bond donors (Lipinski definition) is 3. The molecule has 3 N–H and O–H groups in total. The highest BCUT2D eigenvalue weighted by atomic mass is 35.5. The molecule has 0 unspecified atom stereocenters. The van der Waals surface area contributed by atoms with Crippen molar-refractivity contribution in [3.63, 3.8) is 0 Å². The fraction of sp³-hybridized carbons (Fsp3) is 0.120. The van der Waals surface area contributed by atoms with Gasteiger partial charge in [0.1, 0.15) is 5.82 Å². The lowest BCUT2D eigenvalue weighted by molar-refractivity contribution is -0.136. The molecule has 3 rings (SSSR count). The van der Waals surface area contributed by atoms with Crippen LogP contribution in [0.15, 0.2) is 59.7 Å². The third-order valence-electron chi connectivity index (χ3n) is 4.74. The number of hydrogen-bond acceptors (Lipinski definition) is 6. The average Bonchev–Trinajstić information content (AvgIpc) is 2.86. The molecule has 3 aromatic rings. The highest BCUT2D eigenvalue weighted by Gasteiger charge is 2.15. The number of anilines is 2. The molecule has 12 heteroatoms. The van der Waals surface area contributed by atoms with E-state index in [2.05, 4.69) is 21.2 Å². The van der Waals surface area contributed by atoms with Crippen LogP contribution in [0.4, 0.5) is 15.8 Å². The highest BCUT2D eigenvalue weighted by molar-refractivity contribution is 6.39. The monoisotopic (exact) mass is 546 g/mol. The molecule has 0 aliphatic rings. The summed E-state index contributed by atoms with van der Waals surface area (Å²) in [5.41, 5.74) is 4.12. The van der Waals surface area contributed by atoms with Crippen LogP contribution in [0.25, 0.3) is 0 Å². The number of hydrazone groups is 1. The van der Waals surface area contributed by atoms with Crippen LogP contribution in [0.2, 0.25) is 10.0 Å². The first-order valence-corrected chi connectivity index (χ1v) is 11.4. The van der Waals surface area contributed by atoms with E-state index < -0.39 is 23.5 Å². The SMILES string of the molecule is COc1cc(/C=N\NC(=O)C(=O)Nc2ccc(F)cc2)cc(Cl)c1OCC(=O)Nc1ccc(C)c(Cl)c1. The summed E-state index contributed by atoms with van der Waals surface area (Å²) in [6, 6.07) is 13.0. The van der Waals surface area contributed by atoms with Crippen molar-refractivity contribution in [3.05, 3.63) is 81.6 Å². The molecule has 0 bridgehead atoms. The topological polar surface area (TPSA) is 118 Å². The average molecular weight is 547 g/mol. The van der Waals surface area contributed by atoms with Gasteiger partial charge >= 0.3 is 11.8 Å². The smallest absolute Gasteiger partial charge is 0.329 e. The Morgan fingerprint density at radius 1 is 0.946 bits per heavy atom. The molecule has 0 saturated carbocycles. The zero-order chi connectivity index (χ0) is 26.9. The number of halogens is 3. The minimum atomic E-state index is -1.04. The zero-order valence-corrected chi connectivity index (χ0v) is 21.1. The molecule has 3 amide bonds. The van der Waals surface area contributed by atoms with Gasteiger partial charge in [-0.05, 0) is 66.6 Å². The summed E-state index contributed by atoms with van der Waals surface area (Å²) in [6.07, 6.45) is 1.23. The Labute approximate surface area is 221 Å². The van der Waals surface area contributed by atoms with Crippen LogP contribution in [0, 0.1) is 12.7 Å². The summed E-state index contributed by atoms with van der Waals surface area (Å²) in [5.74, 6) is -2.62. The van der Waals surface area contributed by atoms with Crippen LogP contribution < -0.4 is 25.5 Å². The van der Waals surface area contributed by atoms with E-state index in [0.29, 0.717) is 16.3 Å². The van der Waals surface area contributed by atoms with Crippen molar-refractivity contribution in [1.29, 1.82) is 0 Å². The maximum absolute atomic E-state index is 12.9. The molecule has 192 valence electrons. The number of rotatable bonds is 8. The summed E-state index contributed by atoms with van der Waals surface area (Å²) in [4.78, 5) is 36.1. The third kappa shape index (κ3) is 7.92. The van der Waals surface area contributed by atoms with Gasteiger partial charge in [-0.3, -0.25) is 14.4 Å². The van der Waals surface area contributed by atoms with E-state index in [1.165, 1.54) is 37.6 Å². The molecule has 9 nitrogen and oxygen atoms in total. The number of benzene rings is 3. The molecule has 3 aromatic carbocycles. The molecule has 0 aliphatic carbocycles. The molecule has 0 fully saturated rings. The number of ether oxygens (including phenoxy) is 2. The van der Waals surface area contributed by atoms with Gasteiger partial charge < -0.3 is 20.1 Å². The number of carbonyl (C=O) groups excluding carboxylic acids is 3. The molecule has 0 saturated heterocycles. The Bertz CT molecular complexity index is 1350. The van der Waals surface area contributed by atoms with Crippen molar-refractivity contribution in [1.82, 2.24) is 5.43 Å². The Kier molecular flexibility index (Phi) is 9.42. The third-order valence-corrected chi connectivity index (χ3v) is 5.43. The van der Waals surface area contributed by atoms with Crippen molar-refractivity contribution in [2.45, 2.75) is 6.92 Å². The Balaban J connectivity index is 1.58. The van der Waals surface area contributed by atoms with Gasteiger partial charge in [0.05, 0.1) is 18.3 Å². The van der Waals surface area contributed by atoms with Crippen molar-refractivity contribution in [2.24, 2.45) is 5.10 Å². The van der Waals surface area contributed by atoms with E-state index in [9.17, 15) is 18.8 Å². The summed E-state index contributed by atoms with van der Waals surface area (Å²) in [6.45, 7) is 1.49. The van der Waals surface area contributed by atoms with Crippen LogP contribution in [0.1, 0.15) is 11.1 Å². The first-order chi connectivity index (χ1) is 17.7. The number of carbonyl (C=O) groups is 3. The van der Waals surface area contributed by atoms with Crippen LogP contribution in [0.5, 0.6) is 11.5 Å². The van der Waals surface area contributed by atoms with Crippen LogP contribution in [-0.2, 0) is 14.4 Å². The lowest BCUT2D eigenvalue weighted by Crippen LogP contribution is -2.32. The van der Waals surface area contributed by atoms with Gasteiger partial charge in [0.15, 0.2) is 18.1 Å². The molecule has 0 aromatic heterocycles. The van der Waals surface area contributed by atoms with Crippen molar-refractivity contribution >= 4 is 58.5 Å². The first-order valence-electron chi connectivity index (χ1n) is 10.6. The molecule has 0 radical (unpaired) electrons. The molecular weight excluding hydrogens is 526 g/mol. The van der Waals surface area contributed by atoms with Crippen LogP contribution >= 0.6 is 23.2 Å². The maximum atomic E-state index is 12.9. The molecule has 0 aliphatic heterocycles. The normalized spacial score (nSPS) is 10.6. The van der Waals surface area contributed by atoms with E-state index in [-0.39, 0.29) is 28.8 Å². The van der Waals surface area contributed by atoms with Gasteiger partial charge in [-0.2, -0.15) is 5.10 Å². The van der Waals surface area contributed by atoms with Gasteiger partial charge in [0, 0.05) is 16.4 Å². The quantitative estimate of drug-likeness (QED) is 0.217. The maximum Gasteiger partial charge on any atom is 0.329 e. The fourth-order valence-electron chi connectivity index (χ4n) is 2.90. The minimum Gasteiger partial charge on any atom is -0.493 e. The summed E-state index contributed by atoms with van der Waals surface area (Å²) < 4.78 is 23.8. The zero-order valence-electron chi connectivity index (χ0n) is 19.6. The van der Waals surface area contributed by atoms with E-state index in [1.807, 2.05) is 6.92 Å². The van der Waals surface area contributed by atoms with E-state index in [0.717, 1.165) is 17.7 Å². The number of nitrogens with one attached hydrogen (secondary N) is 3. The predicted molar refractivity (Wildman–Crippen MR) is 139 cm³/mol. The number of aryl methyl sites for hydroxylation is 1. The van der Waals surface area contributed by atoms with Gasteiger partial charge in [-0.25, -0.2) is 9.82 Å². The lowest BCUT2D eigenvalue weighted by atomic mass is 10.2. The molecule has 0 spiro atoms. The van der Waals surface area contributed by atoms with Crippen LogP contribution in [0.3, 0.4) is 0 Å². The number of methoxy groups -OCH3 is 1. The summed E-state index contributed by atoms with van der Waals surface area (Å²) >= 11 is 12.4. The van der Waals surface area contributed by atoms with E-state index in [4.69, 9.17) is 32.7 Å². The highest BCUT2D eigenvalue weighted by Crippen LogP contribution is 2.36. The lowest BCUT2D eigenvalue weighted by Gasteiger charge is -2.13.